The maximum Gasteiger partial charge on any atom is 0.324 e. The number of fused-ring (bicyclic) bond motifs is 1. The highest BCUT2D eigenvalue weighted by Crippen LogP contribution is 2.42. The van der Waals surface area contributed by atoms with Crippen molar-refractivity contribution in [3.63, 3.8) is 0 Å². The van der Waals surface area contributed by atoms with Crippen molar-refractivity contribution in [1.82, 2.24) is 4.90 Å². The Hall–Kier alpha value is 0.440. The number of nitrogens with two attached hydrogens (primary N) is 1. The van der Waals surface area contributed by atoms with E-state index in [4.69, 9.17) is 10.5 Å². The van der Waals surface area contributed by atoms with Crippen molar-refractivity contribution >= 4 is 42.1 Å². The largest absolute Gasteiger partial charge is 0.463 e. The molecule has 3 atom stereocenters. The van der Waals surface area contributed by atoms with Gasteiger partial charge >= 0.3 is 5.97 Å². The van der Waals surface area contributed by atoms with Crippen LogP contribution in [0.4, 0.5) is 0 Å². The van der Waals surface area contributed by atoms with Gasteiger partial charge < -0.3 is 10.5 Å². The fourth-order valence-electron chi connectivity index (χ4n) is 1.97. The van der Waals surface area contributed by atoms with Crippen LogP contribution in [-0.2, 0) is 9.53 Å². The Bertz CT molecular complexity index is 267. The van der Waals surface area contributed by atoms with Gasteiger partial charge in [0.05, 0.1) is 10.7 Å². The Morgan fingerprint density at radius 3 is 3.00 bits per heavy atom. The molecule has 0 bridgehead atoms. The standard InChI is InChI=1S/C9H16N2O2S3/c10-1-2-13-9(12)6-4-15-8-5-16-7(3-14)11(6)8/h6-8,14H,1-5,10H2/t6-,7+,8-/m0/s1. The van der Waals surface area contributed by atoms with Crippen LogP contribution in [0.5, 0.6) is 0 Å². The lowest BCUT2D eigenvalue weighted by Gasteiger charge is -2.26. The van der Waals surface area contributed by atoms with Crippen LogP contribution < -0.4 is 5.73 Å². The van der Waals surface area contributed by atoms with Gasteiger partial charge in [-0.15, -0.1) is 23.5 Å². The molecule has 92 valence electrons. The number of nitrogens with zero attached hydrogens (tertiary/aromatic N) is 1. The van der Waals surface area contributed by atoms with E-state index >= 15 is 0 Å². The van der Waals surface area contributed by atoms with E-state index in [1.165, 1.54) is 0 Å². The summed E-state index contributed by atoms with van der Waals surface area (Å²) in [4.78, 5) is 14.1. The first-order valence-electron chi connectivity index (χ1n) is 5.26. The molecule has 0 unspecified atom stereocenters. The molecule has 2 aliphatic heterocycles. The molecule has 0 aromatic heterocycles. The molecule has 7 heteroatoms. The first-order valence-corrected chi connectivity index (χ1v) is 7.99. The lowest BCUT2D eigenvalue weighted by atomic mass is 10.3. The molecule has 0 spiro atoms. The molecular formula is C9H16N2O2S3. The summed E-state index contributed by atoms with van der Waals surface area (Å²) in [5.74, 6) is 2.56. The second-order valence-electron chi connectivity index (χ2n) is 3.68. The number of ether oxygens (including phenoxy) is 1. The SMILES string of the molecule is NCCOC(=O)[C@@H]1CS[C@H]2CS[C@H](CS)N21. The van der Waals surface area contributed by atoms with Gasteiger partial charge in [0.2, 0.25) is 0 Å². The molecule has 0 aromatic rings. The quantitative estimate of drug-likeness (QED) is 0.568. The van der Waals surface area contributed by atoms with E-state index in [0.29, 0.717) is 23.9 Å². The molecule has 2 saturated heterocycles. The molecule has 4 nitrogen and oxygen atoms in total. The van der Waals surface area contributed by atoms with Crippen LogP contribution >= 0.6 is 36.2 Å². The number of carbonyl (C=O) groups is 1. The van der Waals surface area contributed by atoms with Crippen molar-refractivity contribution in [2.75, 3.05) is 30.4 Å². The van der Waals surface area contributed by atoms with Crippen molar-refractivity contribution < 1.29 is 9.53 Å². The van der Waals surface area contributed by atoms with Crippen molar-refractivity contribution in [3.8, 4) is 0 Å². The Balaban J connectivity index is 1.97. The average molecular weight is 280 g/mol. The highest BCUT2D eigenvalue weighted by molar-refractivity contribution is 8.05. The van der Waals surface area contributed by atoms with Crippen LogP contribution in [0.15, 0.2) is 0 Å². The van der Waals surface area contributed by atoms with Gasteiger partial charge in [-0.3, -0.25) is 9.69 Å². The fraction of sp³-hybridized carbons (Fsp3) is 0.889. The van der Waals surface area contributed by atoms with Gasteiger partial charge in [-0.2, -0.15) is 12.6 Å². The number of carbonyl (C=O) groups excluding carboxylic acids is 1. The second kappa shape index (κ2) is 5.86. The van der Waals surface area contributed by atoms with E-state index in [1.807, 2.05) is 23.5 Å². The predicted octanol–water partition coefficient (Wildman–Crippen LogP) is 0.235. The van der Waals surface area contributed by atoms with Crippen LogP contribution in [-0.4, -0.2) is 58.1 Å². The molecule has 0 radical (unpaired) electrons. The minimum atomic E-state index is -0.130. The van der Waals surface area contributed by atoms with Gasteiger partial charge in [0, 0.05) is 23.8 Å². The zero-order valence-electron chi connectivity index (χ0n) is 8.87. The molecule has 0 amide bonds. The minimum Gasteiger partial charge on any atom is -0.463 e. The number of thiol groups is 1. The van der Waals surface area contributed by atoms with Gasteiger partial charge in [0.25, 0.3) is 0 Å². The Morgan fingerprint density at radius 2 is 2.31 bits per heavy atom. The summed E-state index contributed by atoms with van der Waals surface area (Å²) in [6, 6.07) is -0.103. The summed E-state index contributed by atoms with van der Waals surface area (Å²) in [5.41, 5.74) is 5.32. The Morgan fingerprint density at radius 1 is 1.50 bits per heavy atom. The fourth-order valence-corrected chi connectivity index (χ4v) is 5.48. The van der Waals surface area contributed by atoms with E-state index in [-0.39, 0.29) is 12.0 Å². The molecular weight excluding hydrogens is 264 g/mol. The second-order valence-corrected chi connectivity index (χ2v) is 6.46. The summed E-state index contributed by atoms with van der Waals surface area (Å²) in [5, 5.41) is 0.802. The Kier molecular flexibility index (Phi) is 4.72. The first kappa shape index (κ1) is 12.9. The topological polar surface area (TPSA) is 55.6 Å². The third-order valence-electron chi connectivity index (χ3n) is 2.69. The number of rotatable bonds is 4. The number of thioether (sulfide) groups is 2. The third kappa shape index (κ3) is 2.48. The van der Waals surface area contributed by atoms with Crippen molar-refractivity contribution in [3.05, 3.63) is 0 Å². The Labute approximate surface area is 109 Å². The van der Waals surface area contributed by atoms with Crippen LogP contribution in [0.3, 0.4) is 0 Å². The predicted molar refractivity (Wildman–Crippen MR) is 72.0 cm³/mol. The maximum atomic E-state index is 11.8. The molecule has 0 aromatic carbocycles. The van der Waals surface area contributed by atoms with E-state index in [9.17, 15) is 4.79 Å². The molecule has 16 heavy (non-hydrogen) atoms. The van der Waals surface area contributed by atoms with Gasteiger partial charge in [-0.1, -0.05) is 0 Å². The van der Waals surface area contributed by atoms with Gasteiger partial charge in [0.1, 0.15) is 12.6 Å². The summed E-state index contributed by atoms with van der Waals surface area (Å²) in [7, 11) is 0. The number of esters is 1. The molecule has 2 rings (SSSR count). The summed E-state index contributed by atoms with van der Waals surface area (Å²) >= 11 is 8.05. The van der Waals surface area contributed by atoms with Crippen molar-refractivity contribution in [2.24, 2.45) is 5.73 Å². The van der Waals surface area contributed by atoms with E-state index in [1.54, 1.807) is 0 Å². The highest BCUT2D eigenvalue weighted by Gasteiger charge is 2.46. The maximum absolute atomic E-state index is 11.8. The van der Waals surface area contributed by atoms with Crippen molar-refractivity contribution in [1.29, 1.82) is 0 Å². The van der Waals surface area contributed by atoms with E-state index in [0.717, 1.165) is 17.3 Å². The van der Waals surface area contributed by atoms with Gasteiger partial charge in [0.15, 0.2) is 0 Å². The lowest BCUT2D eigenvalue weighted by molar-refractivity contribution is -0.148. The molecule has 2 N–H and O–H groups in total. The average Bonchev–Trinajstić information content (AvgIpc) is 2.86. The number of hydrogen-bond donors (Lipinski definition) is 2. The highest BCUT2D eigenvalue weighted by atomic mass is 32.2. The molecule has 2 fully saturated rings. The summed E-state index contributed by atoms with van der Waals surface area (Å²) in [6.07, 6.45) is 0. The normalized spacial score (nSPS) is 34.0. The number of hydrogen-bond acceptors (Lipinski definition) is 7. The lowest BCUT2D eigenvalue weighted by Crippen LogP contribution is -2.45. The zero-order chi connectivity index (χ0) is 11.5. The van der Waals surface area contributed by atoms with Gasteiger partial charge in [-0.25, -0.2) is 0 Å². The summed E-state index contributed by atoms with van der Waals surface area (Å²) in [6.45, 7) is 0.705. The van der Waals surface area contributed by atoms with Crippen LogP contribution in [0.1, 0.15) is 0 Å². The van der Waals surface area contributed by atoms with Crippen LogP contribution in [0.2, 0.25) is 0 Å². The smallest absolute Gasteiger partial charge is 0.324 e. The first-order chi connectivity index (χ1) is 7.77. The molecule has 2 aliphatic rings. The molecule has 0 saturated carbocycles. The van der Waals surface area contributed by atoms with Crippen LogP contribution in [0.25, 0.3) is 0 Å². The monoisotopic (exact) mass is 280 g/mol. The minimum absolute atomic E-state index is 0.103. The molecule has 0 aliphatic carbocycles. The van der Waals surface area contributed by atoms with E-state index in [2.05, 4.69) is 17.5 Å². The third-order valence-corrected chi connectivity index (χ3v) is 6.10. The zero-order valence-corrected chi connectivity index (χ0v) is 11.4. The summed E-state index contributed by atoms with van der Waals surface area (Å²) < 4.78 is 5.12. The van der Waals surface area contributed by atoms with Crippen LogP contribution in [0, 0.1) is 0 Å². The van der Waals surface area contributed by atoms with E-state index < -0.39 is 0 Å². The molecule has 2 heterocycles. The van der Waals surface area contributed by atoms with Gasteiger partial charge in [-0.05, 0) is 0 Å². The van der Waals surface area contributed by atoms with Crippen molar-refractivity contribution in [2.45, 2.75) is 16.8 Å².